The topological polar surface area (TPSA) is 49.4 Å². The van der Waals surface area contributed by atoms with Crippen molar-refractivity contribution >= 4 is 11.8 Å². The van der Waals surface area contributed by atoms with Gasteiger partial charge in [-0.3, -0.25) is 9.59 Å². The van der Waals surface area contributed by atoms with Crippen LogP contribution in [-0.2, 0) is 22.4 Å². The van der Waals surface area contributed by atoms with E-state index in [4.69, 9.17) is 0 Å². The molecular weight excluding hydrogens is 324 g/mol. The zero-order valence-corrected chi connectivity index (χ0v) is 15.1. The maximum absolute atomic E-state index is 12.5. The number of hydrogen-bond acceptors (Lipinski definition) is 2. The van der Waals surface area contributed by atoms with Gasteiger partial charge in [-0.15, -0.1) is 0 Å². The molecule has 4 nitrogen and oxygen atoms in total. The highest BCUT2D eigenvalue weighted by atomic mass is 16.2. The van der Waals surface area contributed by atoms with Crippen molar-refractivity contribution in [3.63, 3.8) is 0 Å². The Balaban J connectivity index is 1.45. The van der Waals surface area contributed by atoms with E-state index in [-0.39, 0.29) is 17.7 Å². The number of likely N-dealkylation sites (tertiary alicyclic amines) is 1. The van der Waals surface area contributed by atoms with Gasteiger partial charge in [-0.25, -0.2) is 0 Å². The summed E-state index contributed by atoms with van der Waals surface area (Å²) in [7, 11) is 0. The van der Waals surface area contributed by atoms with Gasteiger partial charge in [-0.1, -0.05) is 60.7 Å². The summed E-state index contributed by atoms with van der Waals surface area (Å²) in [5, 5.41) is 3.03. The van der Waals surface area contributed by atoms with E-state index in [1.165, 1.54) is 11.1 Å². The monoisotopic (exact) mass is 350 g/mol. The van der Waals surface area contributed by atoms with Crippen LogP contribution in [0, 0.1) is 5.92 Å². The first-order valence-electron chi connectivity index (χ1n) is 9.36. The molecule has 1 atom stereocenters. The van der Waals surface area contributed by atoms with Crippen molar-refractivity contribution < 1.29 is 9.59 Å². The summed E-state index contributed by atoms with van der Waals surface area (Å²) in [6.45, 7) is 1.84. The van der Waals surface area contributed by atoms with Gasteiger partial charge in [0, 0.05) is 26.1 Å². The third-order valence-corrected chi connectivity index (χ3v) is 4.94. The number of nitrogens with zero attached hydrogens (tertiary/aromatic N) is 1. The highest BCUT2D eigenvalue weighted by molar-refractivity contribution is 5.83. The van der Waals surface area contributed by atoms with Crippen LogP contribution in [0.15, 0.2) is 60.7 Å². The Hall–Kier alpha value is -2.62. The number of rotatable bonds is 7. The number of benzene rings is 2. The van der Waals surface area contributed by atoms with Gasteiger partial charge >= 0.3 is 0 Å². The molecule has 26 heavy (non-hydrogen) atoms. The molecule has 1 fully saturated rings. The molecule has 2 amide bonds. The number of nitrogens with one attached hydrogen (secondary N) is 1. The first-order valence-corrected chi connectivity index (χ1v) is 9.36. The van der Waals surface area contributed by atoms with Gasteiger partial charge in [0.1, 0.15) is 0 Å². The third-order valence-electron chi connectivity index (χ3n) is 4.94. The largest absolute Gasteiger partial charge is 0.355 e. The first-order chi connectivity index (χ1) is 12.7. The lowest BCUT2D eigenvalue weighted by molar-refractivity contribution is -0.138. The van der Waals surface area contributed by atoms with E-state index in [2.05, 4.69) is 29.6 Å². The van der Waals surface area contributed by atoms with Gasteiger partial charge in [0.25, 0.3) is 0 Å². The molecular formula is C22H26N2O2. The average Bonchev–Trinajstić information content (AvgIpc) is 2.69. The molecule has 0 bridgehead atoms. The molecule has 1 aliphatic rings. The zero-order valence-electron chi connectivity index (χ0n) is 15.1. The fourth-order valence-electron chi connectivity index (χ4n) is 3.37. The van der Waals surface area contributed by atoms with Crippen molar-refractivity contribution in [3.05, 3.63) is 71.8 Å². The fraction of sp³-hybridized carbons (Fsp3) is 0.364. The van der Waals surface area contributed by atoms with Crippen molar-refractivity contribution in [1.82, 2.24) is 10.2 Å². The minimum Gasteiger partial charge on any atom is -0.355 e. The Bertz CT molecular complexity index is 715. The predicted octanol–water partition coefficient (Wildman–Crippen LogP) is 2.83. The summed E-state index contributed by atoms with van der Waals surface area (Å²) in [4.78, 5) is 26.5. The van der Waals surface area contributed by atoms with Crippen molar-refractivity contribution in [2.75, 3.05) is 19.6 Å². The van der Waals surface area contributed by atoms with E-state index >= 15 is 0 Å². The molecule has 1 N–H and O–H groups in total. The van der Waals surface area contributed by atoms with E-state index in [9.17, 15) is 9.59 Å². The molecule has 0 spiro atoms. The molecule has 1 unspecified atom stereocenters. The third kappa shape index (κ3) is 5.19. The summed E-state index contributed by atoms with van der Waals surface area (Å²) < 4.78 is 0. The average molecular weight is 350 g/mol. The van der Waals surface area contributed by atoms with Crippen molar-refractivity contribution in [1.29, 1.82) is 0 Å². The molecule has 1 saturated heterocycles. The van der Waals surface area contributed by atoms with Crippen molar-refractivity contribution in [2.45, 2.75) is 25.7 Å². The van der Waals surface area contributed by atoms with Gasteiger partial charge in [0.05, 0.1) is 5.92 Å². The second-order valence-electron chi connectivity index (χ2n) is 6.84. The van der Waals surface area contributed by atoms with Gasteiger partial charge < -0.3 is 10.2 Å². The molecule has 3 rings (SSSR count). The fourth-order valence-corrected chi connectivity index (χ4v) is 3.37. The second kappa shape index (κ2) is 9.18. The Labute approximate surface area is 155 Å². The molecule has 0 aliphatic carbocycles. The van der Waals surface area contributed by atoms with Crippen LogP contribution in [-0.4, -0.2) is 36.3 Å². The first kappa shape index (κ1) is 18.2. The number of hydrogen-bond donors (Lipinski definition) is 1. The SMILES string of the molecule is O=C(NCCc1ccccc1)C1CCC(=O)N(CCc2ccccc2)C1. The van der Waals surface area contributed by atoms with Crippen LogP contribution < -0.4 is 5.32 Å². The van der Waals surface area contributed by atoms with Crippen LogP contribution in [0.2, 0.25) is 0 Å². The van der Waals surface area contributed by atoms with E-state index in [1.807, 2.05) is 41.3 Å². The normalized spacial score (nSPS) is 17.2. The summed E-state index contributed by atoms with van der Waals surface area (Å²) in [5.74, 6) is 0.131. The molecule has 2 aromatic rings. The smallest absolute Gasteiger partial charge is 0.224 e. The van der Waals surface area contributed by atoms with Crippen molar-refractivity contribution in [2.24, 2.45) is 5.92 Å². The Morgan fingerprint density at radius 1 is 0.962 bits per heavy atom. The highest BCUT2D eigenvalue weighted by Gasteiger charge is 2.29. The lowest BCUT2D eigenvalue weighted by Crippen LogP contribution is -2.46. The van der Waals surface area contributed by atoms with Crippen LogP contribution in [0.25, 0.3) is 0 Å². The lowest BCUT2D eigenvalue weighted by atomic mass is 9.96. The molecule has 136 valence electrons. The molecule has 0 saturated carbocycles. The Kier molecular flexibility index (Phi) is 6.42. The minimum absolute atomic E-state index is 0.0677. The second-order valence-corrected chi connectivity index (χ2v) is 6.84. The summed E-state index contributed by atoms with van der Waals surface area (Å²) in [6, 6.07) is 20.3. The zero-order chi connectivity index (χ0) is 18.2. The minimum atomic E-state index is -0.0979. The van der Waals surface area contributed by atoms with Crippen LogP contribution >= 0.6 is 0 Å². The van der Waals surface area contributed by atoms with Crippen molar-refractivity contribution in [3.8, 4) is 0 Å². The number of carbonyl (C=O) groups is 2. The van der Waals surface area contributed by atoms with Gasteiger partial charge in [0.2, 0.25) is 11.8 Å². The highest BCUT2D eigenvalue weighted by Crippen LogP contribution is 2.18. The summed E-state index contributed by atoms with van der Waals surface area (Å²) >= 11 is 0. The van der Waals surface area contributed by atoms with E-state index in [0.717, 1.165) is 12.8 Å². The standard InChI is InChI=1S/C22H26N2O2/c25-21-12-11-20(17-24(21)16-14-19-9-5-2-6-10-19)22(26)23-15-13-18-7-3-1-4-8-18/h1-10,20H,11-17H2,(H,23,26). The summed E-state index contributed by atoms with van der Waals surface area (Å²) in [6.07, 6.45) is 2.77. The molecule has 1 heterocycles. The van der Waals surface area contributed by atoms with E-state index in [1.54, 1.807) is 0 Å². The van der Waals surface area contributed by atoms with Gasteiger partial charge in [-0.2, -0.15) is 0 Å². The number of amides is 2. The maximum atomic E-state index is 12.5. The Morgan fingerprint density at radius 3 is 2.23 bits per heavy atom. The van der Waals surface area contributed by atoms with E-state index in [0.29, 0.717) is 32.5 Å². The molecule has 0 aromatic heterocycles. The quantitative estimate of drug-likeness (QED) is 0.835. The Morgan fingerprint density at radius 2 is 1.58 bits per heavy atom. The summed E-state index contributed by atoms with van der Waals surface area (Å²) in [5.41, 5.74) is 2.44. The van der Waals surface area contributed by atoms with E-state index < -0.39 is 0 Å². The predicted molar refractivity (Wildman–Crippen MR) is 103 cm³/mol. The number of carbonyl (C=O) groups excluding carboxylic acids is 2. The number of piperidine rings is 1. The maximum Gasteiger partial charge on any atom is 0.224 e. The van der Waals surface area contributed by atoms with Crippen LogP contribution in [0.1, 0.15) is 24.0 Å². The van der Waals surface area contributed by atoms with Gasteiger partial charge in [-0.05, 0) is 30.4 Å². The van der Waals surface area contributed by atoms with Gasteiger partial charge in [0.15, 0.2) is 0 Å². The molecule has 4 heteroatoms. The van der Waals surface area contributed by atoms with Crippen LogP contribution in [0.5, 0.6) is 0 Å². The molecule has 1 aliphatic heterocycles. The lowest BCUT2D eigenvalue weighted by Gasteiger charge is -2.32. The van der Waals surface area contributed by atoms with Crippen LogP contribution in [0.3, 0.4) is 0 Å². The molecule has 0 radical (unpaired) electrons. The molecule has 2 aromatic carbocycles. The van der Waals surface area contributed by atoms with Crippen LogP contribution in [0.4, 0.5) is 0 Å².